The molecule has 0 amide bonds. The van der Waals surface area contributed by atoms with Crippen LogP contribution in [0, 0.1) is 5.92 Å². The van der Waals surface area contributed by atoms with Gasteiger partial charge in [0.05, 0.1) is 10.9 Å². The van der Waals surface area contributed by atoms with E-state index < -0.39 is 13.8 Å². The lowest BCUT2D eigenvalue weighted by atomic mass is 9.84. The molecule has 3 nitrogen and oxygen atoms in total. The van der Waals surface area contributed by atoms with E-state index >= 15 is 0 Å². The Hall–Kier alpha value is 0.200. The summed E-state index contributed by atoms with van der Waals surface area (Å²) in [6.07, 6.45) is 5.45. The maximum atomic E-state index is 11.4. The second kappa shape index (κ2) is 3.90. The topological polar surface area (TPSA) is 54.4 Å². The van der Waals surface area contributed by atoms with Gasteiger partial charge in [0.25, 0.3) is 0 Å². The Morgan fingerprint density at radius 3 is 2.47 bits per heavy atom. The molecule has 2 unspecified atom stereocenters. The molecule has 15 heavy (non-hydrogen) atoms. The van der Waals surface area contributed by atoms with E-state index in [0.717, 1.165) is 25.7 Å². The van der Waals surface area contributed by atoms with Crippen LogP contribution in [-0.4, -0.2) is 24.4 Å². The van der Waals surface area contributed by atoms with Crippen molar-refractivity contribution in [2.45, 2.75) is 55.8 Å². The Morgan fingerprint density at radius 1 is 1.33 bits per heavy atom. The van der Waals surface area contributed by atoms with Crippen molar-refractivity contribution < 1.29 is 13.5 Å². The van der Waals surface area contributed by atoms with Gasteiger partial charge < -0.3 is 5.11 Å². The number of aliphatic hydroxyl groups is 1. The van der Waals surface area contributed by atoms with Crippen LogP contribution in [0.1, 0.15) is 44.9 Å². The predicted octanol–water partition coefficient (Wildman–Crippen LogP) is 2.03. The molecular formula is C10H17ClO3S. The maximum absolute atomic E-state index is 11.4. The molecule has 2 atom stereocenters. The zero-order valence-corrected chi connectivity index (χ0v) is 10.2. The molecule has 1 N–H and O–H groups in total. The summed E-state index contributed by atoms with van der Waals surface area (Å²) < 4.78 is 22.1. The van der Waals surface area contributed by atoms with Crippen LogP contribution in [0.5, 0.6) is 0 Å². The average molecular weight is 253 g/mol. The fourth-order valence-electron chi connectivity index (χ4n) is 2.66. The lowest BCUT2D eigenvalue weighted by molar-refractivity contribution is 0.0973. The minimum Gasteiger partial charge on any atom is -0.393 e. The van der Waals surface area contributed by atoms with Crippen LogP contribution in [-0.2, 0) is 9.05 Å². The zero-order valence-electron chi connectivity index (χ0n) is 8.65. The van der Waals surface area contributed by atoms with E-state index in [1.165, 1.54) is 0 Å². The van der Waals surface area contributed by atoms with Crippen LogP contribution >= 0.6 is 10.7 Å². The maximum Gasteiger partial charge on any atom is 0.238 e. The standard InChI is InChI=1S/C10H17ClO3S/c11-15(13,14)10(4-5-10)7-8-2-1-3-9(12)6-8/h8-9,12H,1-7H2. The summed E-state index contributed by atoms with van der Waals surface area (Å²) >= 11 is 0. The molecule has 0 spiro atoms. The van der Waals surface area contributed by atoms with Crippen molar-refractivity contribution in [3.8, 4) is 0 Å². The van der Waals surface area contributed by atoms with E-state index in [4.69, 9.17) is 10.7 Å². The number of rotatable bonds is 3. The number of hydrogen-bond donors (Lipinski definition) is 1. The summed E-state index contributed by atoms with van der Waals surface area (Å²) in [6, 6.07) is 0. The van der Waals surface area contributed by atoms with Crippen LogP contribution in [0.2, 0.25) is 0 Å². The van der Waals surface area contributed by atoms with Gasteiger partial charge in [-0.15, -0.1) is 0 Å². The minimum atomic E-state index is -3.42. The van der Waals surface area contributed by atoms with Crippen molar-refractivity contribution in [2.24, 2.45) is 5.92 Å². The van der Waals surface area contributed by atoms with Gasteiger partial charge >= 0.3 is 0 Å². The van der Waals surface area contributed by atoms with Crippen LogP contribution in [0.4, 0.5) is 0 Å². The smallest absolute Gasteiger partial charge is 0.238 e. The predicted molar refractivity (Wildman–Crippen MR) is 59.3 cm³/mol. The first-order valence-corrected chi connectivity index (χ1v) is 7.86. The Bertz CT molecular complexity index is 335. The van der Waals surface area contributed by atoms with Crippen molar-refractivity contribution >= 4 is 19.7 Å². The third-order valence-electron chi connectivity index (χ3n) is 3.74. The third-order valence-corrected chi connectivity index (χ3v) is 6.33. The number of hydrogen-bond acceptors (Lipinski definition) is 3. The molecule has 5 heteroatoms. The molecule has 0 aromatic carbocycles. The molecule has 88 valence electrons. The molecule has 0 heterocycles. The van der Waals surface area contributed by atoms with E-state index in [0.29, 0.717) is 25.2 Å². The highest BCUT2D eigenvalue weighted by Crippen LogP contribution is 2.51. The van der Waals surface area contributed by atoms with Crippen molar-refractivity contribution in [1.82, 2.24) is 0 Å². The number of halogens is 1. The van der Waals surface area contributed by atoms with Crippen LogP contribution < -0.4 is 0 Å². The van der Waals surface area contributed by atoms with Crippen LogP contribution in [0.15, 0.2) is 0 Å². The summed E-state index contributed by atoms with van der Waals surface area (Å²) in [7, 11) is 2.04. The first kappa shape index (κ1) is 11.7. The largest absolute Gasteiger partial charge is 0.393 e. The fraction of sp³-hybridized carbons (Fsp3) is 1.00. The first-order valence-electron chi connectivity index (χ1n) is 5.55. The van der Waals surface area contributed by atoms with Crippen molar-refractivity contribution in [3.05, 3.63) is 0 Å². The molecule has 0 radical (unpaired) electrons. The van der Waals surface area contributed by atoms with Gasteiger partial charge in [0, 0.05) is 10.7 Å². The highest BCUT2D eigenvalue weighted by molar-refractivity contribution is 8.15. The van der Waals surface area contributed by atoms with Gasteiger partial charge in [-0.25, -0.2) is 8.42 Å². The molecule has 0 aromatic heterocycles. The van der Waals surface area contributed by atoms with E-state index in [1.54, 1.807) is 0 Å². The summed E-state index contributed by atoms with van der Waals surface area (Å²) in [4.78, 5) is 0. The van der Waals surface area contributed by atoms with E-state index in [1.807, 2.05) is 0 Å². The van der Waals surface area contributed by atoms with Gasteiger partial charge in [-0.3, -0.25) is 0 Å². The Kier molecular flexibility index (Phi) is 3.03. The van der Waals surface area contributed by atoms with Gasteiger partial charge in [-0.1, -0.05) is 12.8 Å². The van der Waals surface area contributed by atoms with Gasteiger partial charge in [-0.05, 0) is 38.0 Å². The average Bonchev–Trinajstić information content (AvgIpc) is 2.84. The van der Waals surface area contributed by atoms with Gasteiger partial charge in [-0.2, -0.15) is 0 Å². The van der Waals surface area contributed by atoms with Crippen LogP contribution in [0.25, 0.3) is 0 Å². The first-order chi connectivity index (χ1) is 6.93. The number of aliphatic hydroxyl groups excluding tert-OH is 1. The molecule has 0 aromatic rings. The normalized spacial score (nSPS) is 35.1. The van der Waals surface area contributed by atoms with E-state index in [-0.39, 0.29) is 6.10 Å². The third kappa shape index (κ3) is 2.48. The Balaban J connectivity index is 1.97. The molecule has 2 fully saturated rings. The quantitative estimate of drug-likeness (QED) is 0.782. The monoisotopic (exact) mass is 252 g/mol. The molecular weight excluding hydrogens is 236 g/mol. The van der Waals surface area contributed by atoms with Gasteiger partial charge in [0.15, 0.2) is 0 Å². The zero-order chi connectivity index (χ0) is 11.1. The Labute approximate surface area is 95.2 Å². The van der Waals surface area contributed by atoms with Crippen molar-refractivity contribution in [2.75, 3.05) is 0 Å². The molecule has 2 saturated carbocycles. The summed E-state index contributed by atoms with van der Waals surface area (Å²) in [5.74, 6) is 0.338. The van der Waals surface area contributed by atoms with Crippen LogP contribution in [0.3, 0.4) is 0 Å². The lowest BCUT2D eigenvalue weighted by Gasteiger charge is -2.28. The second-order valence-electron chi connectivity index (χ2n) is 5.01. The molecule has 2 aliphatic rings. The summed E-state index contributed by atoms with van der Waals surface area (Å²) in [5, 5.41) is 9.52. The highest BCUT2D eigenvalue weighted by Gasteiger charge is 2.54. The van der Waals surface area contributed by atoms with E-state index in [9.17, 15) is 13.5 Å². The lowest BCUT2D eigenvalue weighted by Crippen LogP contribution is -2.27. The SMILES string of the molecule is O=S(=O)(Cl)C1(CC2CCCC(O)C2)CC1. The van der Waals surface area contributed by atoms with Crippen molar-refractivity contribution in [3.63, 3.8) is 0 Å². The minimum absolute atomic E-state index is 0.238. The molecule has 0 saturated heterocycles. The second-order valence-corrected chi connectivity index (χ2v) is 7.97. The Morgan fingerprint density at radius 2 is 2.00 bits per heavy atom. The summed E-state index contributed by atoms with van der Waals surface area (Å²) in [5.41, 5.74) is 0. The van der Waals surface area contributed by atoms with Gasteiger partial charge in [0.2, 0.25) is 9.05 Å². The summed E-state index contributed by atoms with van der Waals surface area (Å²) in [6.45, 7) is 0. The molecule has 0 aliphatic heterocycles. The van der Waals surface area contributed by atoms with Crippen molar-refractivity contribution in [1.29, 1.82) is 0 Å². The highest BCUT2D eigenvalue weighted by atomic mass is 35.7. The van der Waals surface area contributed by atoms with E-state index in [2.05, 4.69) is 0 Å². The molecule has 2 rings (SSSR count). The molecule has 0 bridgehead atoms. The van der Waals surface area contributed by atoms with Gasteiger partial charge in [0.1, 0.15) is 0 Å². The molecule has 2 aliphatic carbocycles. The fourth-order valence-corrected chi connectivity index (χ4v) is 4.34.